The van der Waals surface area contributed by atoms with Crippen LogP contribution < -0.4 is 26.1 Å². The molecule has 8 nitrogen and oxygen atoms in total. The third-order valence-electron chi connectivity index (χ3n) is 3.71. The van der Waals surface area contributed by atoms with Gasteiger partial charge in [0.15, 0.2) is 11.5 Å². The summed E-state index contributed by atoms with van der Waals surface area (Å²) in [4.78, 5) is 36.1. The summed E-state index contributed by atoms with van der Waals surface area (Å²) in [6.07, 6.45) is 0. The van der Waals surface area contributed by atoms with Crippen LogP contribution in [0.2, 0.25) is 0 Å². The Morgan fingerprint density at radius 1 is 1.12 bits per heavy atom. The first kappa shape index (κ1) is 17.0. The second-order valence-corrected chi connectivity index (χ2v) is 5.89. The molecule has 0 bridgehead atoms. The number of anilines is 1. The second kappa shape index (κ2) is 5.88. The summed E-state index contributed by atoms with van der Waals surface area (Å²) in [6, 6.07) is 2.32. The van der Waals surface area contributed by atoms with Gasteiger partial charge in [0.25, 0.3) is 17.4 Å². The van der Waals surface area contributed by atoms with Gasteiger partial charge in [0.1, 0.15) is 5.82 Å². The molecular formula is C15H11BrFN3O5. The lowest BCUT2D eigenvalue weighted by Crippen LogP contribution is -2.24. The van der Waals surface area contributed by atoms with Gasteiger partial charge in [0, 0.05) is 6.07 Å². The second-order valence-electron chi connectivity index (χ2n) is 5.03. The number of aromatic nitrogens is 1. The van der Waals surface area contributed by atoms with E-state index < -0.39 is 23.2 Å². The summed E-state index contributed by atoms with van der Waals surface area (Å²) < 4.78 is 25.7. The average molecular weight is 412 g/mol. The Balaban J connectivity index is 2.40. The number of nitrogens with one attached hydrogen (secondary N) is 1. The van der Waals surface area contributed by atoms with Gasteiger partial charge in [-0.3, -0.25) is 24.3 Å². The van der Waals surface area contributed by atoms with Crippen LogP contribution in [0.1, 0.15) is 20.7 Å². The zero-order valence-electron chi connectivity index (χ0n) is 13.0. The molecule has 3 N–H and O–H groups in total. The van der Waals surface area contributed by atoms with Gasteiger partial charge >= 0.3 is 0 Å². The third kappa shape index (κ3) is 2.37. The number of carbonyl (C=O) groups is 2. The van der Waals surface area contributed by atoms with E-state index in [9.17, 15) is 18.8 Å². The number of pyridine rings is 1. The summed E-state index contributed by atoms with van der Waals surface area (Å²) in [5.74, 6) is -3.05. The fourth-order valence-electron chi connectivity index (χ4n) is 2.65. The van der Waals surface area contributed by atoms with Gasteiger partial charge in [-0.25, -0.2) is 0 Å². The van der Waals surface area contributed by atoms with E-state index in [2.05, 4.69) is 21.2 Å². The molecule has 0 fully saturated rings. The maximum Gasteiger partial charge on any atom is 0.262 e. The quantitative estimate of drug-likeness (QED) is 0.734. The van der Waals surface area contributed by atoms with Crippen LogP contribution in [0.5, 0.6) is 11.5 Å². The minimum absolute atomic E-state index is 0.0508. The van der Waals surface area contributed by atoms with Gasteiger partial charge in [-0.05, 0) is 22.0 Å². The van der Waals surface area contributed by atoms with Crippen molar-refractivity contribution >= 4 is 33.6 Å². The number of nitrogens with zero attached hydrogens (tertiary/aromatic N) is 1. The number of hydrogen-bond donors (Lipinski definition) is 2. The molecule has 1 aliphatic rings. The molecule has 3 rings (SSSR count). The van der Waals surface area contributed by atoms with E-state index in [1.54, 1.807) is 0 Å². The molecule has 0 aliphatic carbocycles. The molecule has 0 unspecified atom stereocenters. The number of ether oxygens (including phenoxy) is 2. The molecule has 0 radical (unpaired) electrons. The van der Waals surface area contributed by atoms with Crippen molar-refractivity contribution in [3.8, 4) is 17.2 Å². The first-order chi connectivity index (χ1) is 11.8. The highest BCUT2D eigenvalue weighted by Crippen LogP contribution is 2.39. The molecule has 10 heteroatoms. The first-order valence-corrected chi connectivity index (χ1v) is 7.62. The minimum Gasteiger partial charge on any atom is -0.492 e. The molecule has 2 heterocycles. The van der Waals surface area contributed by atoms with Crippen molar-refractivity contribution in [1.82, 2.24) is 9.88 Å². The molecule has 1 aromatic carbocycles. The van der Waals surface area contributed by atoms with Crippen LogP contribution in [0.15, 0.2) is 21.4 Å². The Bertz CT molecular complexity index is 1000. The zero-order valence-corrected chi connectivity index (χ0v) is 14.6. The molecule has 2 amide bonds. The van der Waals surface area contributed by atoms with E-state index in [1.165, 1.54) is 20.3 Å². The summed E-state index contributed by atoms with van der Waals surface area (Å²) in [7, 11) is 2.48. The van der Waals surface area contributed by atoms with Gasteiger partial charge in [-0.1, -0.05) is 0 Å². The molecule has 1 aliphatic heterocycles. The number of hydrogen-bond acceptors (Lipinski definition) is 6. The molecule has 1 aromatic heterocycles. The topological polar surface area (TPSA) is 113 Å². The van der Waals surface area contributed by atoms with Crippen LogP contribution in [0, 0.1) is 5.82 Å². The van der Waals surface area contributed by atoms with E-state index in [-0.39, 0.29) is 38.6 Å². The lowest BCUT2D eigenvalue weighted by Gasteiger charge is -2.17. The van der Waals surface area contributed by atoms with Crippen molar-refractivity contribution < 1.29 is 23.5 Å². The van der Waals surface area contributed by atoms with Crippen LogP contribution in [-0.4, -0.2) is 30.6 Å². The normalized spacial score (nSPS) is 12.8. The van der Waals surface area contributed by atoms with Crippen molar-refractivity contribution in [2.75, 3.05) is 20.0 Å². The van der Waals surface area contributed by atoms with Crippen molar-refractivity contribution in [2.24, 2.45) is 0 Å². The van der Waals surface area contributed by atoms with Crippen LogP contribution in [0.25, 0.3) is 5.69 Å². The number of fused-ring (bicyclic) bond motifs is 1. The van der Waals surface area contributed by atoms with Crippen LogP contribution in [-0.2, 0) is 0 Å². The Morgan fingerprint density at radius 3 is 2.36 bits per heavy atom. The largest absolute Gasteiger partial charge is 0.492 e. The zero-order chi connectivity index (χ0) is 18.5. The van der Waals surface area contributed by atoms with E-state index in [1.807, 2.05) is 0 Å². The smallest absolute Gasteiger partial charge is 0.262 e. The Labute approximate surface area is 148 Å². The highest BCUT2D eigenvalue weighted by atomic mass is 79.9. The highest BCUT2D eigenvalue weighted by molar-refractivity contribution is 9.10. The maximum atomic E-state index is 14.6. The molecule has 0 saturated carbocycles. The third-order valence-corrected chi connectivity index (χ3v) is 4.30. The van der Waals surface area contributed by atoms with E-state index in [0.29, 0.717) is 0 Å². The Morgan fingerprint density at radius 2 is 1.76 bits per heavy atom. The summed E-state index contributed by atoms with van der Waals surface area (Å²) in [6.45, 7) is 0. The number of nitrogens with two attached hydrogens (primary N) is 1. The summed E-state index contributed by atoms with van der Waals surface area (Å²) >= 11 is 3.14. The average Bonchev–Trinajstić information content (AvgIpc) is 2.82. The molecule has 130 valence electrons. The van der Waals surface area contributed by atoms with Gasteiger partial charge < -0.3 is 15.2 Å². The number of nitrogen functional groups attached to an aromatic ring is 1. The number of halogens is 2. The van der Waals surface area contributed by atoms with E-state index >= 15 is 0 Å². The molecule has 0 spiro atoms. The highest BCUT2D eigenvalue weighted by Gasteiger charge is 2.33. The first-order valence-electron chi connectivity index (χ1n) is 6.83. The minimum atomic E-state index is -0.860. The summed E-state index contributed by atoms with van der Waals surface area (Å²) in [5, 5.41) is 2.05. The van der Waals surface area contributed by atoms with Crippen molar-refractivity contribution in [1.29, 1.82) is 0 Å². The molecule has 25 heavy (non-hydrogen) atoms. The summed E-state index contributed by atoms with van der Waals surface area (Å²) in [5.41, 5.74) is 4.88. The Hall–Kier alpha value is -2.88. The van der Waals surface area contributed by atoms with Crippen LogP contribution in [0.4, 0.5) is 10.2 Å². The number of carbonyl (C=O) groups excluding carboxylic acids is 2. The lowest BCUT2D eigenvalue weighted by atomic mass is 10.1. The molecule has 0 saturated heterocycles. The number of amides is 2. The van der Waals surface area contributed by atoms with Crippen molar-refractivity contribution in [3.05, 3.63) is 43.9 Å². The van der Waals surface area contributed by atoms with Gasteiger partial charge in [0.05, 0.1) is 35.5 Å². The van der Waals surface area contributed by atoms with Crippen LogP contribution in [0.3, 0.4) is 0 Å². The predicted octanol–water partition coefficient (Wildman–Crippen LogP) is 1.22. The van der Waals surface area contributed by atoms with Gasteiger partial charge in [-0.15, -0.1) is 0 Å². The van der Waals surface area contributed by atoms with E-state index in [0.717, 1.165) is 10.6 Å². The number of benzene rings is 1. The number of methoxy groups -OCH3 is 2. The van der Waals surface area contributed by atoms with Crippen molar-refractivity contribution in [3.63, 3.8) is 0 Å². The lowest BCUT2D eigenvalue weighted by molar-refractivity contribution is 0.0880. The standard InChI is InChI=1S/C15H11BrFN3O5/c1-24-11-6(16)4-7(12(25-2)10(11)17)20-8(21)3-5-9(13(20)18)15(23)19-14(5)22/h3-4H,18H2,1-2H3,(H,19,22,23). The SMILES string of the molecule is COc1c(Br)cc(-n2c(N)c3c(cc2=O)C(=O)NC3=O)c(OC)c1F. The molecular weight excluding hydrogens is 401 g/mol. The Kier molecular flexibility index (Phi) is 3.99. The number of imide groups is 1. The fraction of sp³-hybridized carbons (Fsp3) is 0.133. The fourth-order valence-corrected chi connectivity index (χ4v) is 3.20. The predicted molar refractivity (Wildman–Crippen MR) is 89.0 cm³/mol. The molecule has 0 atom stereocenters. The van der Waals surface area contributed by atoms with E-state index in [4.69, 9.17) is 15.2 Å². The molecule has 2 aromatic rings. The number of rotatable bonds is 3. The van der Waals surface area contributed by atoms with Gasteiger partial charge in [-0.2, -0.15) is 4.39 Å². The monoisotopic (exact) mass is 411 g/mol. The van der Waals surface area contributed by atoms with Gasteiger partial charge in [0.2, 0.25) is 5.82 Å². The van der Waals surface area contributed by atoms with Crippen LogP contribution >= 0.6 is 15.9 Å². The van der Waals surface area contributed by atoms with Crippen molar-refractivity contribution in [2.45, 2.75) is 0 Å². The maximum absolute atomic E-state index is 14.6.